The molecule has 0 saturated carbocycles. The van der Waals surface area contributed by atoms with E-state index in [0.29, 0.717) is 0 Å². The van der Waals surface area contributed by atoms with Gasteiger partial charge in [0.15, 0.2) is 0 Å². The summed E-state index contributed by atoms with van der Waals surface area (Å²) < 4.78 is 5.53. The zero-order valence-corrected chi connectivity index (χ0v) is 8.80. The Hall–Kier alpha value is -0.870. The van der Waals surface area contributed by atoms with Crippen LogP contribution >= 0.6 is 11.8 Å². The van der Waals surface area contributed by atoms with Crippen LogP contribution in [0.15, 0.2) is 17.0 Å². The van der Waals surface area contributed by atoms with Crippen molar-refractivity contribution in [1.82, 2.24) is 0 Å². The molecule has 1 unspecified atom stereocenters. The van der Waals surface area contributed by atoms with E-state index >= 15 is 0 Å². The molecule has 0 spiro atoms. The normalized spacial score (nSPS) is 23.3. The topological polar surface area (TPSA) is 38.5 Å². The lowest BCUT2D eigenvalue weighted by Crippen LogP contribution is -2.32. The van der Waals surface area contributed by atoms with Gasteiger partial charge in [0.2, 0.25) is 0 Å². The minimum absolute atomic E-state index is 0.0529. The van der Waals surface area contributed by atoms with E-state index in [-0.39, 0.29) is 5.50 Å². The molecule has 0 aromatic heterocycles. The van der Waals surface area contributed by atoms with Gasteiger partial charge in [-0.15, -0.1) is 0 Å². The highest BCUT2D eigenvalue weighted by Crippen LogP contribution is 2.47. The Kier molecular flexibility index (Phi) is 1.69. The van der Waals surface area contributed by atoms with Gasteiger partial charge in [-0.05, 0) is 12.1 Å². The lowest BCUT2D eigenvalue weighted by Gasteiger charge is -2.18. The molecule has 0 amide bonds. The number of nitrogens with zero attached hydrogens (tertiary/aromatic N) is 1. The van der Waals surface area contributed by atoms with Crippen molar-refractivity contribution in [3.63, 3.8) is 0 Å². The van der Waals surface area contributed by atoms with Crippen LogP contribution in [0.1, 0.15) is 5.56 Å². The molecule has 2 aliphatic heterocycles. The summed E-state index contributed by atoms with van der Waals surface area (Å²) in [5, 5.41) is 0. The van der Waals surface area contributed by atoms with Gasteiger partial charge >= 0.3 is 0 Å². The average molecular weight is 208 g/mol. The summed E-state index contributed by atoms with van der Waals surface area (Å²) in [4.78, 5) is 3.41. The van der Waals surface area contributed by atoms with Crippen molar-refractivity contribution in [1.29, 1.82) is 0 Å². The Labute approximate surface area is 87.2 Å². The molecule has 0 aliphatic carbocycles. The first-order valence-electron chi connectivity index (χ1n) is 4.71. The van der Waals surface area contributed by atoms with Crippen LogP contribution in [0.4, 0.5) is 5.69 Å². The Morgan fingerprint density at radius 2 is 2.43 bits per heavy atom. The van der Waals surface area contributed by atoms with Crippen LogP contribution in [0.3, 0.4) is 0 Å². The van der Waals surface area contributed by atoms with Gasteiger partial charge in [0.1, 0.15) is 11.2 Å². The first kappa shape index (κ1) is 8.44. The van der Waals surface area contributed by atoms with E-state index in [9.17, 15) is 0 Å². The SMILES string of the molecule is CN1c2c(ccc3c2CCO3)SC1N. The quantitative estimate of drug-likeness (QED) is 0.699. The van der Waals surface area contributed by atoms with Gasteiger partial charge in [-0.25, -0.2) is 0 Å². The molecule has 3 nitrogen and oxygen atoms in total. The number of rotatable bonds is 0. The third-order valence-electron chi connectivity index (χ3n) is 2.79. The maximum atomic E-state index is 5.97. The molecule has 1 aromatic rings. The highest BCUT2D eigenvalue weighted by atomic mass is 32.2. The Morgan fingerprint density at radius 3 is 3.29 bits per heavy atom. The van der Waals surface area contributed by atoms with Crippen LogP contribution < -0.4 is 15.4 Å². The number of ether oxygens (including phenoxy) is 1. The van der Waals surface area contributed by atoms with Crippen LogP contribution in [0, 0.1) is 0 Å². The number of benzene rings is 1. The summed E-state index contributed by atoms with van der Waals surface area (Å²) in [6.07, 6.45) is 1.01. The molecule has 1 aromatic carbocycles. The van der Waals surface area contributed by atoms with Crippen molar-refractivity contribution in [2.45, 2.75) is 16.8 Å². The zero-order chi connectivity index (χ0) is 9.71. The van der Waals surface area contributed by atoms with Crippen molar-refractivity contribution < 1.29 is 4.74 Å². The van der Waals surface area contributed by atoms with Crippen LogP contribution in [0.5, 0.6) is 5.75 Å². The number of anilines is 1. The van der Waals surface area contributed by atoms with Gasteiger partial charge < -0.3 is 15.4 Å². The molecule has 0 radical (unpaired) electrons. The predicted octanol–water partition coefficient (Wildman–Crippen LogP) is 1.41. The lowest BCUT2D eigenvalue weighted by atomic mass is 10.1. The lowest BCUT2D eigenvalue weighted by molar-refractivity contribution is 0.357. The van der Waals surface area contributed by atoms with E-state index in [1.165, 1.54) is 16.1 Å². The van der Waals surface area contributed by atoms with E-state index in [1.54, 1.807) is 11.8 Å². The van der Waals surface area contributed by atoms with Gasteiger partial charge in [-0.2, -0.15) is 0 Å². The summed E-state index contributed by atoms with van der Waals surface area (Å²) in [6, 6.07) is 4.16. The Balaban J connectivity index is 2.19. The molecule has 2 N–H and O–H groups in total. The van der Waals surface area contributed by atoms with Crippen LogP contribution in [0.2, 0.25) is 0 Å². The molecule has 0 fully saturated rings. The maximum Gasteiger partial charge on any atom is 0.130 e. The van der Waals surface area contributed by atoms with Gasteiger partial charge in [-0.1, -0.05) is 11.8 Å². The highest BCUT2D eigenvalue weighted by Gasteiger charge is 2.30. The van der Waals surface area contributed by atoms with Crippen molar-refractivity contribution in [2.75, 3.05) is 18.6 Å². The number of nitrogens with two attached hydrogens (primary N) is 1. The van der Waals surface area contributed by atoms with Gasteiger partial charge in [0, 0.05) is 23.9 Å². The van der Waals surface area contributed by atoms with Crippen molar-refractivity contribution in [2.24, 2.45) is 5.73 Å². The standard InChI is InChI=1S/C10H12N2OS/c1-12-9-6-4-5-13-7(6)2-3-8(9)14-10(12)11/h2-3,10H,4-5,11H2,1H3. The van der Waals surface area contributed by atoms with E-state index in [2.05, 4.69) is 17.0 Å². The minimum atomic E-state index is 0.0529. The molecule has 74 valence electrons. The second-order valence-electron chi connectivity index (χ2n) is 3.61. The van der Waals surface area contributed by atoms with Crippen molar-refractivity contribution in [3.8, 4) is 5.75 Å². The Morgan fingerprint density at radius 1 is 1.57 bits per heavy atom. The van der Waals surface area contributed by atoms with E-state index in [4.69, 9.17) is 10.5 Å². The summed E-state index contributed by atoms with van der Waals surface area (Å²) in [5.74, 6) is 1.03. The maximum absolute atomic E-state index is 5.97. The second-order valence-corrected chi connectivity index (χ2v) is 4.77. The number of hydrogen-bond acceptors (Lipinski definition) is 4. The fourth-order valence-corrected chi connectivity index (χ4v) is 3.10. The molecule has 0 saturated heterocycles. The molecule has 1 atom stereocenters. The largest absolute Gasteiger partial charge is 0.493 e. The number of hydrogen-bond donors (Lipinski definition) is 1. The molecular weight excluding hydrogens is 196 g/mol. The van der Waals surface area contributed by atoms with Crippen molar-refractivity contribution in [3.05, 3.63) is 17.7 Å². The molecule has 4 heteroatoms. The molecule has 3 rings (SSSR count). The molecule has 2 aliphatic rings. The smallest absolute Gasteiger partial charge is 0.130 e. The average Bonchev–Trinajstić information content (AvgIpc) is 2.72. The van der Waals surface area contributed by atoms with Crippen molar-refractivity contribution >= 4 is 17.4 Å². The fourth-order valence-electron chi connectivity index (χ4n) is 2.05. The van der Waals surface area contributed by atoms with Gasteiger partial charge in [0.25, 0.3) is 0 Å². The molecule has 2 heterocycles. The number of thioether (sulfide) groups is 1. The van der Waals surface area contributed by atoms with Crippen LogP contribution in [-0.2, 0) is 6.42 Å². The third-order valence-corrected chi connectivity index (χ3v) is 3.94. The van der Waals surface area contributed by atoms with E-state index in [1.807, 2.05) is 7.05 Å². The summed E-state index contributed by atoms with van der Waals surface area (Å²) in [5.41, 5.74) is 8.62. The first-order chi connectivity index (χ1) is 6.77. The minimum Gasteiger partial charge on any atom is -0.493 e. The molecule has 0 bridgehead atoms. The molecular formula is C10H12N2OS. The second kappa shape index (κ2) is 2.81. The first-order valence-corrected chi connectivity index (χ1v) is 5.59. The monoisotopic (exact) mass is 208 g/mol. The Bertz CT molecular complexity index is 394. The zero-order valence-electron chi connectivity index (χ0n) is 7.99. The van der Waals surface area contributed by atoms with Gasteiger partial charge in [0.05, 0.1) is 12.3 Å². The predicted molar refractivity (Wildman–Crippen MR) is 57.9 cm³/mol. The third kappa shape index (κ3) is 0.980. The van der Waals surface area contributed by atoms with Crippen LogP contribution in [0.25, 0.3) is 0 Å². The highest BCUT2D eigenvalue weighted by molar-refractivity contribution is 8.00. The van der Waals surface area contributed by atoms with Crippen LogP contribution in [-0.4, -0.2) is 19.2 Å². The van der Waals surface area contributed by atoms with E-state index < -0.39 is 0 Å². The van der Waals surface area contributed by atoms with Gasteiger partial charge in [-0.3, -0.25) is 0 Å². The summed E-state index contributed by atoms with van der Waals surface area (Å²) in [7, 11) is 2.04. The summed E-state index contributed by atoms with van der Waals surface area (Å²) >= 11 is 1.71. The molecule has 14 heavy (non-hydrogen) atoms. The van der Waals surface area contributed by atoms with E-state index in [0.717, 1.165) is 18.8 Å². The summed E-state index contributed by atoms with van der Waals surface area (Å²) in [6.45, 7) is 0.805. The fraction of sp³-hybridized carbons (Fsp3) is 0.400. The number of fused-ring (bicyclic) bond motifs is 3.